The summed E-state index contributed by atoms with van der Waals surface area (Å²) in [6, 6.07) is 18.6. The molecule has 2 aromatic carbocycles. The van der Waals surface area contributed by atoms with Gasteiger partial charge in [0, 0.05) is 0 Å². The lowest BCUT2D eigenvalue weighted by atomic mass is 9.73. The number of hydrogen-bond acceptors (Lipinski definition) is 4. The number of para-hydroxylation sites is 2. The van der Waals surface area contributed by atoms with Gasteiger partial charge in [-0.25, -0.2) is 0 Å². The van der Waals surface area contributed by atoms with Crippen molar-refractivity contribution in [3.05, 3.63) is 60.7 Å². The molecule has 0 spiro atoms. The minimum Gasteiger partial charge on any atom is -0.442 e. The first-order valence-electron chi connectivity index (χ1n) is 8.34. The van der Waals surface area contributed by atoms with Crippen LogP contribution in [0.4, 0.5) is 0 Å². The Labute approximate surface area is 142 Å². The zero-order chi connectivity index (χ0) is 16.8. The van der Waals surface area contributed by atoms with E-state index in [9.17, 15) is 0 Å². The Morgan fingerprint density at radius 3 is 1.50 bits per heavy atom. The summed E-state index contributed by atoms with van der Waals surface area (Å²) in [5.74, 6) is 1.46. The summed E-state index contributed by atoms with van der Waals surface area (Å²) < 4.78 is 11.6. The highest BCUT2D eigenvalue weighted by molar-refractivity contribution is 6.04. The van der Waals surface area contributed by atoms with Crippen LogP contribution in [-0.2, 0) is 0 Å². The van der Waals surface area contributed by atoms with Crippen molar-refractivity contribution >= 4 is 11.8 Å². The fourth-order valence-electron chi connectivity index (χ4n) is 3.12. The van der Waals surface area contributed by atoms with Crippen LogP contribution in [0.3, 0.4) is 0 Å². The van der Waals surface area contributed by atoms with E-state index in [2.05, 4.69) is 0 Å². The van der Waals surface area contributed by atoms with Gasteiger partial charge in [-0.1, -0.05) is 55.7 Å². The molecule has 0 saturated heterocycles. The van der Waals surface area contributed by atoms with Gasteiger partial charge in [0.2, 0.25) is 11.8 Å². The molecule has 0 radical (unpaired) electrons. The molecule has 0 heterocycles. The Hall–Kier alpha value is -2.62. The molecule has 3 rings (SSSR count). The van der Waals surface area contributed by atoms with Gasteiger partial charge in [-0.05, 0) is 37.1 Å². The summed E-state index contributed by atoms with van der Waals surface area (Å²) >= 11 is 0. The van der Waals surface area contributed by atoms with Crippen LogP contribution >= 0.6 is 0 Å². The van der Waals surface area contributed by atoms with Gasteiger partial charge in [0.1, 0.15) is 16.9 Å². The van der Waals surface area contributed by atoms with Crippen molar-refractivity contribution in [2.75, 3.05) is 0 Å². The second-order valence-electron chi connectivity index (χ2n) is 6.13. The Morgan fingerprint density at radius 1 is 0.667 bits per heavy atom. The van der Waals surface area contributed by atoms with Crippen LogP contribution in [0.1, 0.15) is 32.1 Å². The van der Waals surface area contributed by atoms with Crippen LogP contribution in [-0.4, -0.2) is 11.8 Å². The molecule has 0 amide bonds. The van der Waals surface area contributed by atoms with Crippen LogP contribution in [0.25, 0.3) is 0 Å². The first-order chi connectivity index (χ1) is 11.7. The van der Waals surface area contributed by atoms with Gasteiger partial charge < -0.3 is 9.47 Å². The largest absolute Gasteiger partial charge is 0.442 e. The van der Waals surface area contributed by atoms with Crippen LogP contribution in [0.5, 0.6) is 11.5 Å². The van der Waals surface area contributed by atoms with Crippen LogP contribution < -0.4 is 9.47 Å². The molecule has 2 N–H and O–H groups in total. The first-order valence-corrected chi connectivity index (χ1v) is 8.34. The molecule has 1 saturated carbocycles. The fraction of sp³-hybridized carbons (Fsp3) is 0.300. The van der Waals surface area contributed by atoms with Crippen molar-refractivity contribution in [3.63, 3.8) is 0 Å². The third kappa shape index (κ3) is 3.48. The molecular formula is C20H22N2O2. The zero-order valence-corrected chi connectivity index (χ0v) is 13.6. The van der Waals surface area contributed by atoms with Crippen molar-refractivity contribution in [2.24, 2.45) is 5.41 Å². The molecule has 0 aliphatic heterocycles. The van der Waals surface area contributed by atoms with Gasteiger partial charge in [0.25, 0.3) is 0 Å². The van der Waals surface area contributed by atoms with Crippen molar-refractivity contribution < 1.29 is 9.47 Å². The monoisotopic (exact) mass is 322 g/mol. The van der Waals surface area contributed by atoms with E-state index in [-0.39, 0.29) is 11.8 Å². The molecule has 4 heteroatoms. The van der Waals surface area contributed by atoms with Gasteiger partial charge in [-0.2, -0.15) is 0 Å². The Kier molecular flexibility index (Phi) is 4.94. The normalized spacial score (nSPS) is 16.2. The van der Waals surface area contributed by atoms with Crippen molar-refractivity contribution in [1.82, 2.24) is 0 Å². The Morgan fingerprint density at radius 2 is 1.08 bits per heavy atom. The summed E-state index contributed by atoms with van der Waals surface area (Å²) in [5.41, 5.74) is -0.774. The quantitative estimate of drug-likeness (QED) is 0.611. The van der Waals surface area contributed by atoms with Crippen LogP contribution in [0.2, 0.25) is 0 Å². The van der Waals surface area contributed by atoms with Crippen molar-refractivity contribution in [1.29, 1.82) is 10.8 Å². The number of benzene rings is 2. The molecule has 1 aliphatic rings. The van der Waals surface area contributed by atoms with Gasteiger partial charge >= 0.3 is 0 Å². The molecule has 124 valence electrons. The molecule has 1 aliphatic carbocycles. The SMILES string of the molecule is N=C(Oc1ccccc1)C1(C(=N)Oc2ccccc2)CCCCC1. The molecule has 1 fully saturated rings. The standard InChI is InChI=1S/C20H22N2O2/c21-18(23-16-10-4-1-5-11-16)20(14-8-3-9-15-20)19(22)24-17-12-6-2-7-13-17/h1-2,4-7,10-13,21-22H,3,8-9,14-15H2. The summed E-state index contributed by atoms with van der Waals surface area (Å²) in [6.45, 7) is 0. The molecule has 0 unspecified atom stereocenters. The lowest BCUT2D eigenvalue weighted by Gasteiger charge is -2.36. The molecule has 24 heavy (non-hydrogen) atoms. The Bertz CT molecular complexity index is 637. The van der Waals surface area contributed by atoms with Gasteiger partial charge in [-0.3, -0.25) is 10.8 Å². The molecule has 4 nitrogen and oxygen atoms in total. The number of nitrogens with one attached hydrogen (secondary N) is 2. The van der Waals surface area contributed by atoms with E-state index in [1.165, 1.54) is 0 Å². The number of hydrogen-bond donors (Lipinski definition) is 2. The first kappa shape index (κ1) is 16.2. The fourth-order valence-corrected chi connectivity index (χ4v) is 3.12. The molecule has 0 aromatic heterocycles. The van der Waals surface area contributed by atoms with E-state index < -0.39 is 5.41 Å². The van der Waals surface area contributed by atoms with Crippen LogP contribution in [0, 0.1) is 16.2 Å². The number of ether oxygens (including phenoxy) is 2. The van der Waals surface area contributed by atoms with Gasteiger partial charge in [-0.15, -0.1) is 0 Å². The van der Waals surface area contributed by atoms with E-state index in [0.29, 0.717) is 24.3 Å². The summed E-state index contributed by atoms with van der Waals surface area (Å²) in [7, 11) is 0. The maximum absolute atomic E-state index is 8.52. The summed E-state index contributed by atoms with van der Waals surface area (Å²) in [5, 5.41) is 17.0. The van der Waals surface area contributed by atoms with Crippen LogP contribution in [0.15, 0.2) is 60.7 Å². The van der Waals surface area contributed by atoms with E-state index in [1.54, 1.807) is 0 Å². The average molecular weight is 322 g/mol. The summed E-state index contributed by atoms with van der Waals surface area (Å²) in [6.07, 6.45) is 4.50. The second kappa shape index (κ2) is 7.30. The summed E-state index contributed by atoms with van der Waals surface area (Å²) in [4.78, 5) is 0. The maximum atomic E-state index is 8.52. The maximum Gasteiger partial charge on any atom is 0.202 e. The highest BCUT2D eigenvalue weighted by Gasteiger charge is 2.44. The van der Waals surface area contributed by atoms with Gasteiger partial charge in [0.15, 0.2) is 0 Å². The molecule has 0 bridgehead atoms. The zero-order valence-electron chi connectivity index (χ0n) is 13.6. The minimum absolute atomic E-state index is 0.106. The van der Waals surface area contributed by atoms with E-state index in [0.717, 1.165) is 19.3 Å². The third-order valence-electron chi connectivity index (χ3n) is 4.50. The lowest BCUT2D eigenvalue weighted by molar-refractivity contribution is 0.291. The van der Waals surface area contributed by atoms with E-state index in [4.69, 9.17) is 20.3 Å². The Balaban J connectivity index is 1.81. The lowest BCUT2D eigenvalue weighted by Crippen LogP contribution is -2.45. The predicted molar refractivity (Wildman–Crippen MR) is 95.1 cm³/mol. The van der Waals surface area contributed by atoms with Gasteiger partial charge in [0.05, 0.1) is 0 Å². The van der Waals surface area contributed by atoms with E-state index in [1.807, 2.05) is 60.7 Å². The highest BCUT2D eigenvalue weighted by atomic mass is 16.5. The van der Waals surface area contributed by atoms with E-state index >= 15 is 0 Å². The topological polar surface area (TPSA) is 66.2 Å². The second-order valence-corrected chi connectivity index (χ2v) is 6.13. The molecule has 2 aromatic rings. The predicted octanol–water partition coefficient (Wildman–Crippen LogP) is 5.05. The third-order valence-corrected chi connectivity index (χ3v) is 4.50. The molecule has 0 atom stereocenters. The molecular weight excluding hydrogens is 300 g/mol. The highest BCUT2D eigenvalue weighted by Crippen LogP contribution is 2.39. The average Bonchev–Trinajstić information content (AvgIpc) is 2.64. The van der Waals surface area contributed by atoms with Crippen molar-refractivity contribution in [3.8, 4) is 11.5 Å². The van der Waals surface area contributed by atoms with Crippen molar-refractivity contribution in [2.45, 2.75) is 32.1 Å². The number of rotatable bonds is 4. The smallest absolute Gasteiger partial charge is 0.202 e. The minimum atomic E-state index is -0.774.